The number of aliphatic hydroxyl groups excluding tert-OH is 2. The zero-order valence-corrected chi connectivity index (χ0v) is 12.1. The molecule has 3 N–H and O–H groups in total. The van der Waals surface area contributed by atoms with Crippen molar-refractivity contribution in [1.29, 1.82) is 0 Å². The second-order valence-electron chi connectivity index (χ2n) is 5.18. The van der Waals surface area contributed by atoms with E-state index in [2.05, 4.69) is 5.32 Å². The van der Waals surface area contributed by atoms with Crippen LogP contribution in [-0.2, 0) is 14.3 Å². The molecule has 19 heavy (non-hydrogen) atoms. The number of amides is 1. The molecule has 0 aliphatic rings. The van der Waals surface area contributed by atoms with Crippen LogP contribution < -0.4 is 5.32 Å². The molecule has 0 bridgehead atoms. The quantitative estimate of drug-likeness (QED) is 0.544. The second-order valence-corrected chi connectivity index (χ2v) is 5.18. The van der Waals surface area contributed by atoms with Crippen molar-refractivity contribution >= 4 is 11.7 Å². The Morgan fingerprint density at radius 1 is 1.37 bits per heavy atom. The number of carbonyl (C=O) groups is 2. The van der Waals surface area contributed by atoms with E-state index >= 15 is 0 Å². The summed E-state index contributed by atoms with van der Waals surface area (Å²) in [6.45, 7) is 6.79. The molecule has 112 valence electrons. The molecule has 6 heteroatoms. The summed E-state index contributed by atoms with van der Waals surface area (Å²) in [5.74, 6) is -0.648. The number of aliphatic hydroxyl groups is 2. The Kier molecular flexibility index (Phi) is 7.82. The van der Waals surface area contributed by atoms with Crippen molar-refractivity contribution in [3.05, 3.63) is 0 Å². The summed E-state index contributed by atoms with van der Waals surface area (Å²) < 4.78 is 5.23. The molecule has 2 unspecified atom stereocenters. The topological polar surface area (TPSA) is 95.9 Å². The summed E-state index contributed by atoms with van der Waals surface area (Å²) >= 11 is 0. The van der Waals surface area contributed by atoms with Crippen molar-refractivity contribution in [3.63, 3.8) is 0 Å². The Morgan fingerprint density at radius 2 is 1.95 bits per heavy atom. The molecular formula is C13H25NO5. The van der Waals surface area contributed by atoms with Crippen LogP contribution in [0.5, 0.6) is 0 Å². The minimum atomic E-state index is -1.29. The standard InChI is InChI=1S/C13H25NO5/c1-5-19-10(9(2)16)6-7-14-12(18)11(17)13(3,4)8-15/h10-11,15,17H,5-8H2,1-4H3,(H,14,18). The monoisotopic (exact) mass is 275 g/mol. The van der Waals surface area contributed by atoms with Crippen molar-refractivity contribution in [3.8, 4) is 0 Å². The van der Waals surface area contributed by atoms with E-state index in [1.54, 1.807) is 20.8 Å². The van der Waals surface area contributed by atoms with Crippen LogP contribution in [0.4, 0.5) is 0 Å². The molecule has 0 aromatic carbocycles. The third-order valence-electron chi connectivity index (χ3n) is 2.92. The van der Waals surface area contributed by atoms with Crippen LogP contribution in [-0.4, -0.2) is 53.9 Å². The Balaban J connectivity index is 4.19. The normalized spacial score (nSPS) is 14.8. The highest BCUT2D eigenvalue weighted by Gasteiger charge is 2.32. The lowest BCUT2D eigenvalue weighted by atomic mass is 9.87. The number of ether oxygens (including phenoxy) is 1. The third kappa shape index (κ3) is 6.13. The molecule has 0 radical (unpaired) electrons. The molecule has 6 nitrogen and oxygen atoms in total. The van der Waals surface area contributed by atoms with Gasteiger partial charge in [-0.3, -0.25) is 9.59 Å². The molecule has 0 saturated heterocycles. The summed E-state index contributed by atoms with van der Waals surface area (Å²) in [6, 6.07) is 0. The van der Waals surface area contributed by atoms with Crippen LogP contribution in [0.1, 0.15) is 34.1 Å². The second kappa shape index (κ2) is 8.24. The van der Waals surface area contributed by atoms with Crippen molar-refractivity contribution in [2.24, 2.45) is 5.41 Å². The summed E-state index contributed by atoms with van der Waals surface area (Å²) in [5, 5.41) is 21.4. The molecule has 0 heterocycles. The summed E-state index contributed by atoms with van der Waals surface area (Å²) in [6.07, 6.45) is -1.46. The molecular weight excluding hydrogens is 250 g/mol. The van der Waals surface area contributed by atoms with Crippen molar-refractivity contribution in [2.45, 2.75) is 46.3 Å². The zero-order valence-electron chi connectivity index (χ0n) is 12.1. The first kappa shape index (κ1) is 18.0. The molecule has 0 aromatic heterocycles. The van der Waals surface area contributed by atoms with Gasteiger partial charge >= 0.3 is 0 Å². The highest BCUT2D eigenvalue weighted by molar-refractivity contribution is 5.82. The fourth-order valence-electron chi connectivity index (χ4n) is 1.47. The largest absolute Gasteiger partial charge is 0.396 e. The van der Waals surface area contributed by atoms with Crippen LogP contribution in [0.15, 0.2) is 0 Å². The number of Topliss-reactive ketones (excluding diaryl/α,β-unsaturated/α-hetero) is 1. The lowest BCUT2D eigenvalue weighted by molar-refractivity contribution is -0.137. The Bertz CT molecular complexity index is 303. The van der Waals surface area contributed by atoms with E-state index in [0.29, 0.717) is 13.0 Å². The SMILES string of the molecule is CCOC(CCNC(=O)C(O)C(C)(C)CO)C(C)=O. The smallest absolute Gasteiger partial charge is 0.249 e. The predicted octanol–water partition coefficient (Wildman–Crippen LogP) is -0.134. The lowest BCUT2D eigenvalue weighted by Gasteiger charge is -2.27. The van der Waals surface area contributed by atoms with Gasteiger partial charge in [-0.1, -0.05) is 13.8 Å². The van der Waals surface area contributed by atoms with E-state index in [9.17, 15) is 14.7 Å². The molecule has 0 saturated carbocycles. The van der Waals surface area contributed by atoms with E-state index < -0.39 is 23.5 Å². The van der Waals surface area contributed by atoms with Gasteiger partial charge in [-0.15, -0.1) is 0 Å². The molecule has 0 fully saturated rings. The van der Waals surface area contributed by atoms with Gasteiger partial charge in [0.2, 0.25) is 5.91 Å². The van der Waals surface area contributed by atoms with Crippen LogP contribution >= 0.6 is 0 Å². The van der Waals surface area contributed by atoms with E-state index in [0.717, 1.165) is 0 Å². The summed E-state index contributed by atoms with van der Waals surface area (Å²) in [5.41, 5.74) is -0.899. The lowest BCUT2D eigenvalue weighted by Crippen LogP contribution is -2.46. The first-order chi connectivity index (χ1) is 8.76. The maximum atomic E-state index is 11.7. The van der Waals surface area contributed by atoms with E-state index in [1.807, 2.05) is 0 Å². The van der Waals surface area contributed by atoms with Crippen molar-refractivity contribution in [2.75, 3.05) is 19.8 Å². The van der Waals surface area contributed by atoms with Crippen molar-refractivity contribution < 1.29 is 24.5 Å². The van der Waals surface area contributed by atoms with Crippen LogP contribution in [0, 0.1) is 5.41 Å². The molecule has 0 spiro atoms. The van der Waals surface area contributed by atoms with Crippen LogP contribution in [0.2, 0.25) is 0 Å². The Morgan fingerprint density at radius 3 is 2.37 bits per heavy atom. The van der Waals surface area contributed by atoms with E-state index in [-0.39, 0.29) is 18.9 Å². The van der Waals surface area contributed by atoms with Gasteiger partial charge in [-0.25, -0.2) is 0 Å². The molecule has 0 aliphatic heterocycles. The van der Waals surface area contributed by atoms with E-state index in [4.69, 9.17) is 9.84 Å². The fraction of sp³-hybridized carbons (Fsp3) is 0.846. The highest BCUT2D eigenvalue weighted by Crippen LogP contribution is 2.19. The molecule has 2 atom stereocenters. The minimum absolute atomic E-state index is 0.0904. The predicted molar refractivity (Wildman–Crippen MR) is 70.6 cm³/mol. The number of carbonyl (C=O) groups excluding carboxylic acids is 2. The summed E-state index contributed by atoms with van der Waals surface area (Å²) in [4.78, 5) is 22.9. The van der Waals surface area contributed by atoms with Crippen molar-refractivity contribution in [1.82, 2.24) is 5.32 Å². The average molecular weight is 275 g/mol. The highest BCUT2D eigenvalue weighted by atomic mass is 16.5. The number of rotatable bonds is 9. The number of hydrogen-bond acceptors (Lipinski definition) is 5. The maximum Gasteiger partial charge on any atom is 0.249 e. The van der Waals surface area contributed by atoms with Gasteiger partial charge in [0.05, 0.1) is 6.61 Å². The number of ketones is 1. The molecule has 0 aromatic rings. The Hall–Kier alpha value is -0.980. The minimum Gasteiger partial charge on any atom is -0.396 e. The average Bonchev–Trinajstić information content (AvgIpc) is 2.36. The van der Waals surface area contributed by atoms with Gasteiger partial charge < -0.3 is 20.3 Å². The maximum absolute atomic E-state index is 11.7. The first-order valence-corrected chi connectivity index (χ1v) is 6.45. The van der Waals surface area contributed by atoms with Gasteiger partial charge in [-0.2, -0.15) is 0 Å². The number of nitrogens with one attached hydrogen (secondary N) is 1. The molecule has 1 amide bonds. The van der Waals surface area contributed by atoms with Gasteiger partial charge in [0, 0.05) is 18.6 Å². The van der Waals surface area contributed by atoms with Gasteiger partial charge in [0.15, 0.2) is 5.78 Å². The van der Waals surface area contributed by atoms with E-state index in [1.165, 1.54) is 6.92 Å². The van der Waals surface area contributed by atoms with Gasteiger partial charge in [0.1, 0.15) is 12.2 Å². The number of hydrogen-bond donors (Lipinski definition) is 3. The fourth-order valence-corrected chi connectivity index (χ4v) is 1.47. The molecule has 0 aliphatic carbocycles. The summed E-state index contributed by atoms with van der Waals surface area (Å²) in [7, 11) is 0. The van der Waals surface area contributed by atoms with Crippen LogP contribution in [0.25, 0.3) is 0 Å². The zero-order chi connectivity index (χ0) is 15.1. The van der Waals surface area contributed by atoms with Gasteiger partial charge in [-0.05, 0) is 20.3 Å². The Labute approximate surface area is 114 Å². The van der Waals surface area contributed by atoms with Gasteiger partial charge in [0.25, 0.3) is 0 Å². The first-order valence-electron chi connectivity index (χ1n) is 6.45. The third-order valence-corrected chi connectivity index (χ3v) is 2.92. The van der Waals surface area contributed by atoms with Crippen LogP contribution in [0.3, 0.4) is 0 Å². The molecule has 0 rings (SSSR count).